The van der Waals surface area contributed by atoms with Crippen LogP contribution in [-0.2, 0) is 4.74 Å². The Labute approximate surface area is 118 Å². The highest BCUT2D eigenvalue weighted by atomic mass is 32.1. The molecule has 0 bridgehead atoms. The van der Waals surface area contributed by atoms with E-state index in [9.17, 15) is 4.79 Å². The van der Waals surface area contributed by atoms with Crippen molar-refractivity contribution in [2.75, 3.05) is 7.11 Å². The Balaban J connectivity index is 2.40. The summed E-state index contributed by atoms with van der Waals surface area (Å²) in [4.78, 5) is 12.1. The van der Waals surface area contributed by atoms with Crippen molar-refractivity contribution < 1.29 is 9.53 Å². The first-order valence-electron chi connectivity index (χ1n) is 6.04. The minimum atomic E-state index is -1.36. The third kappa shape index (κ3) is 3.46. The first-order chi connectivity index (χ1) is 8.89. The number of esters is 1. The van der Waals surface area contributed by atoms with Crippen molar-refractivity contribution >= 4 is 35.5 Å². The third-order valence-electron chi connectivity index (χ3n) is 2.49. The van der Waals surface area contributed by atoms with Gasteiger partial charge in [0.05, 0.1) is 7.11 Å². The van der Waals surface area contributed by atoms with Crippen molar-refractivity contribution in [2.45, 2.75) is 19.6 Å². The van der Waals surface area contributed by atoms with E-state index in [2.05, 4.69) is 31.1 Å². The average Bonchev–Trinajstić information content (AvgIpc) is 2.77. The molecule has 0 spiro atoms. The predicted octanol–water partition coefficient (Wildman–Crippen LogP) is 3.92. The number of carbonyl (C=O) groups excluding carboxylic acids is 1. The maximum atomic E-state index is 11.5. The van der Waals surface area contributed by atoms with Crippen LogP contribution in [-0.4, -0.2) is 21.2 Å². The number of rotatable bonds is 1. The fourth-order valence-corrected chi connectivity index (χ4v) is 3.11. The summed E-state index contributed by atoms with van der Waals surface area (Å²) in [5, 5.41) is 1.06. The molecule has 0 N–H and O–H groups in total. The molecule has 2 nitrogen and oxygen atoms in total. The molecule has 0 aliphatic carbocycles. The third-order valence-corrected chi connectivity index (χ3v) is 4.44. The Kier molecular flexibility index (Phi) is 3.79. The van der Waals surface area contributed by atoms with Crippen molar-refractivity contribution in [3.8, 4) is 11.5 Å². The lowest BCUT2D eigenvalue weighted by Crippen LogP contribution is -2.16. The lowest BCUT2D eigenvalue weighted by atomic mass is 10.2. The molecule has 98 valence electrons. The smallest absolute Gasteiger partial charge is 0.348 e. The molecule has 0 amide bonds. The predicted molar refractivity (Wildman–Crippen MR) is 83.4 cm³/mol. The van der Waals surface area contributed by atoms with E-state index in [1.807, 2.05) is 24.3 Å². The van der Waals surface area contributed by atoms with Crippen LogP contribution in [0.15, 0.2) is 24.3 Å². The van der Waals surface area contributed by atoms with Crippen LogP contribution in [0.3, 0.4) is 0 Å². The molecule has 0 atom stereocenters. The molecule has 1 heterocycles. The quantitative estimate of drug-likeness (QED) is 0.452. The second-order valence-corrected chi connectivity index (χ2v) is 11.2. The lowest BCUT2D eigenvalue weighted by Gasteiger charge is -2.03. The Morgan fingerprint density at radius 1 is 1.26 bits per heavy atom. The number of hydrogen-bond acceptors (Lipinski definition) is 3. The molecule has 0 saturated heterocycles. The first-order valence-corrected chi connectivity index (χ1v) is 10.4. The number of hydrogen-bond donors (Lipinski definition) is 0. The highest BCUT2D eigenvalue weighted by Gasteiger charge is 2.10. The molecule has 1 aromatic heterocycles. The second-order valence-electron chi connectivity index (χ2n) is 5.35. The van der Waals surface area contributed by atoms with Crippen LogP contribution < -0.4 is 0 Å². The average molecular weight is 288 g/mol. The van der Waals surface area contributed by atoms with Gasteiger partial charge in [-0.05, 0) is 23.6 Å². The zero-order valence-electron chi connectivity index (χ0n) is 11.5. The number of fused-ring (bicyclic) bond motifs is 1. The fraction of sp³-hybridized carbons (Fsp3) is 0.267. The van der Waals surface area contributed by atoms with Crippen LogP contribution in [0.1, 0.15) is 15.2 Å². The van der Waals surface area contributed by atoms with Gasteiger partial charge in [-0.3, -0.25) is 0 Å². The van der Waals surface area contributed by atoms with E-state index in [0.717, 1.165) is 15.6 Å². The van der Waals surface area contributed by atoms with Gasteiger partial charge in [0, 0.05) is 10.3 Å². The molecule has 0 unspecified atom stereocenters. The van der Waals surface area contributed by atoms with Gasteiger partial charge in [0.2, 0.25) is 0 Å². The topological polar surface area (TPSA) is 26.3 Å². The standard InChI is InChI=1S/C15H16O2SSi/c1-17-15(16)14-10-12-6-5-11(9-13(12)18-14)7-8-19(2,3)4/h5-6,9-10H,1-4H3. The maximum absolute atomic E-state index is 11.5. The zero-order valence-corrected chi connectivity index (χ0v) is 13.4. The summed E-state index contributed by atoms with van der Waals surface area (Å²) in [6.07, 6.45) is 0. The molecule has 4 heteroatoms. The maximum Gasteiger partial charge on any atom is 0.348 e. The van der Waals surface area contributed by atoms with Crippen molar-refractivity contribution in [3.63, 3.8) is 0 Å². The molecule has 0 fully saturated rings. The Morgan fingerprint density at radius 3 is 2.63 bits per heavy atom. The highest BCUT2D eigenvalue weighted by molar-refractivity contribution is 7.20. The van der Waals surface area contributed by atoms with Crippen LogP contribution in [0, 0.1) is 11.5 Å². The minimum Gasteiger partial charge on any atom is -0.465 e. The summed E-state index contributed by atoms with van der Waals surface area (Å²) in [5.41, 5.74) is 4.35. The first kappa shape index (κ1) is 13.8. The zero-order chi connectivity index (χ0) is 14.0. The molecule has 0 radical (unpaired) electrons. The van der Waals surface area contributed by atoms with Crippen molar-refractivity contribution in [3.05, 3.63) is 34.7 Å². The van der Waals surface area contributed by atoms with Crippen molar-refractivity contribution in [1.29, 1.82) is 0 Å². The van der Waals surface area contributed by atoms with E-state index in [4.69, 9.17) is 4.74 Å². The Hall–Kier alpha value is -1.57. The summed E-state index contributed by atoms with van der Waals surface area (Å²) in [6.45, 7) is 6.66. The number of thiophene rings is 1. The van der Waals surface area contributed by atoms with Crippen LogP contribution in [0.4, 0.5) is 0 Å². The highest BCUT2D eigenvalue weighted by Crippen LogP contribution is 2.27. The molecular formula is C15H16O2SSi. The SMILES string of the molecule is COC(=O)c1cc2ccc(C#C[Si](C)(C)C)cc2s1. The Bertz CT molecular complexity index is 683. The van der Waals surface area contributed by atoms with E-state index in [0.29, 0.717) is 4.88 Å². The summed E-state index contributed by atoms with van der Waals surface area (Å²) in [6, 6.07) is 7.91. The lowest BCUT2D eigenvalue weighted by molar-refractivity contribution is 0.0606. The minimum absolute atomic E-state index is 0.282. The van der Waals surface area contributed by atoms with Gasteiger partial charge in [-0.25, -0.2) is 4.79 Å². The molecule has 0 aliphatic rings. The molecule has 19 heavy (non-hydrogen) atoms. The van der Waals surface area contributed by atoms with Gasteiger partial charge in [-0.15, -0.1) is 16.9 Å². The van der Waals surface area contributed by atoms with Gasteiger partial charge in [-0.2, -0.15) is 0 Å². The van der Waals surface area contributed by atoms with Crippen molar-refractivity contribution in [1.82, 2.24) is 0 Å². The summed E-state index contributed by atoms with van der Waals surface area (Å²) < 4.78 is 5.81. The fourth-order valence-electron chi connectivity index (χ4n) is 1.57. The number of methoxy groups -OCH3 is 1. The van der Waals surface area contributed by atoms with Crippen LogP contribution >= 0.6 is 11.3 Å². The van der Waals surface area contributed by atoms with Gasteiger partial charge in [0.1, 0.15) is 13.0 Å². The number of benzene rings is 1. The number of carbonyl (C=O) groups is 1. The van der Waals surface area contributed by atoms with Crippen LogP contribution in [0.2, 0.25) is 19.6 Å². The van der Waals surface area contributed by atoms with Crippen molar-refractivity contribution in [2.24, 2.45) is 0 Å². The summed E-state index contributed by atoms with van der Waals surface area (Å²) >= 11 is 1.45. The van der Waals surface area contributed by atoms with Crippen LogP contribution in [0.5, 0.6) is 0 Å². The van der Waals surface area contributed by atoms with Gasteiger partial charge >= 0.3 is 5.97 Å². The summed E-state index contributed by atoms with van der Waals surface area (Å²) in [5.74, 6) is 2.95. The molecule has 0 saturated carbocycles. The molecule has 0 aliphatic heterocycles. The second kappa shape index (κ2) is 5.20. The van der Waals surface area contributed by atoms with E-state index < -0.39 is 8.07 Å². The summed E-state index contributed by atoms with van der Waals surface area (Å²) in [7, 11) is 0.0426. The number of ether oxygens (including phenoxy) is 1. The van der Waals surface area contributed by atoms with Gasteiger partial charge in [0.25, 0.3) is 0 Å². The van der Waals surface area contributed by atoms with Crippen LogP contribution in [0.25, 0.3) is 10.1 Å². The Morgan fingerprint density at radius 2 is 2.00 bits per heavy atom. The van der Waals surface area contributed by atoms with E-state index >= 15 is 0 Å². The normalized spacial score (nSPS) is 10.9. The van der Waals surface area contributed by atoms with Gasteiger partial charge in [0.15, 0.2) is 0 Å². The molecule has 1 aromatic carbocycles. The van der Waals surface area contributed by atoms with E-state index in [1.165, 1.54) is 18.4 Å². The molecule has 2 rings (SSSR count). The van der Waals surface area contributed by atoms with E-state index in [-0.39, 0.29) is 5.97 Å². The van der Waals surface area contributed by atoms with Gasteiger partial charge < -0.3 is 4.74 Å². The molecule has 2 aromatic rings. The van der Waals surface area contributed by atoms with Gasteiger partial charge in [-0.1, -0.05) is 31.6 Å². The van der Waals surface area contributed by atoms with E-state index in [1.54, 1.807) is 0 Å². The largest absolute Gasteiger partial charge is 0.465 e. The molecular weight excluding hydrogens is 272 g/mol. The monoisotopic (exact) mass is 288 g/mol.